The Morgan fingerprint density at radius 2 is 2.00 bits per heavy atom. The van der Waals surface area contributed by atoms with Crippen molar-refractivity contribution < 1.29 is 4.79 Å². The predicted molar refractivity (Wildman–Crippen MR) is 136 cm³/mol. The molecule has 5 rings (SSSR count). The van der Waals surface area contributed by atoms with Gasteiger partial charge in [-0.3, -0.25) is 19.7 Å². The molecule has 0 unspecified atom stereocenters. The molecule has 1 atom stereocenters. The normalized spacial score (nSPS) is 15.8. The van der Waals surface area contributed by atoms with Crippen LogP contribution in [0, 0.1) is 0 Å². The molecule has 1 aromatic carbocycles. The lowest BCUT2D eigenvalue weighted by Crippen LogP contribution is -2.33. The lowest BCUT2D eigenvalue weighted by Gasteiger charge is -2.35. The second-order valence-corrected chi connectivity index (χ2v) is 9.40. The number of hydrogen-bond donors (Lipinski definition) is 1. The summed E-state index contributed by atoms with van der Waals surface area (Å²) in [6, 6.07) is 15.0. The Morgan fingerprint density at radius 1 is 1.12 bits per heavy atom. The van der Waals surface area contributed by atoms with Crippen LogP contribution >= 0.6 is 0 Å². The smallest absolute Gasteiger partial charge is 0.237 e. The van der Waals surface area contributed by atoms with Gasteiger partial charge in [0.15, 0.2) is 0 Å². The van der Waals surface area contributed by atoms with E-state index in [2.05, 4.69) is 36.1 Å². The first-order valence-corrected chi connectivity index (χ1v) is 12.5. The number of rotatable bonds is 9. The van der Waals surface area contributed by atoms with Gasteiger partial charge in [0.05, 0.1) is 29.1 Å². The zero-order chi connectivity index (χ0) is 23.5. The van der Waals surface area contributed by atoms with Crippen molar-refractivity contribution in [2.75, 3.05) is 6.54 Å². The maximum Gasteiger partial charge on any atom is 0.237 e. The minimum atomic E-state index is -0.350. The van der Waals surface area contributed by atoms with E-state index in [-0.39, 0.29) is 12.5 Å². The molecule has 176 valence electrons. The number of amides is 1. The first kappa shape index (κ1) is 22.5. The van der Waals surface area contributed by atoms with Crippen molar-refractivity contribution in [2.24, 2.45) is 5.73 Å². The summed E-state index contributed by atoms with van der Waals surface area (Å²) >= 11 is 0. The molecule has 0 spiro atoms. The monoisotopic (exact) mass is 455 g/mol. The van der Waals surface area contributed by atoms with E-state index in [0.717, 1.165) is 53.4 Å². The van der Waals surface area contributed by atoms with Crippen LogP contribution in [-0.4, -0.2) is 31.9 Å². The van der Waals surface area contributed by atoms with Crippen LogP contribution in [0.5, 0.6) is 0 Å². The van der Waals surface area contributed by atoms with Crippen LogP contribution in [0.15, 0.2) is 54.9 Å². The molecule has 4 aromatic rings. The second kappa shape index (κ2) is 9.94. The highest BCUT2D eigenvalue weighted by atomic mass is 16.1. The number of nitrogens with two attached hydrogens (primary N) is 1. The van der Waals surface area contributed by atoms with Crippen molar-refractivity contribution in [1.29, 1.82) is 0 Å². The molecule has 0 aliphatic heterocycles. The Labute approximate surface area is 200 Å². The molecule has 0 saturated carbocycles. The molecule has 1 aliphatic carbocycles. The average Bonchev–Trinajstić information content (AvgIpc) is 3.16. The van der Waals surface area contributed by atoms with E-state index in [1.807, 2.05) is 35.2 Å². The number of hydrogen-bond acceptors (Lipinski definition) is 4. The van der Waals surface area contributed by atoms with Crippen molar-refractivity contribution in [3.05, 3.63) is 71.8 Å². The van der Waals surface area contributed by atoms with Gasteiger partial charge in [0, 0.05) is 29.0 Å². The third-order valence-electron chi connectivity index (χ3n) is 7.05. The molecule has 0 bridgehead atoms. The van der Waals surface area contributed by atoms with Crippen molar-refractivity contribution >= 4 is 27.7 Å². The van der Waals surface area contributed by atoms with Crippen molar-refractivity contribution in [1.82, 2.24) is 19.4 Å². The third-order valence-corrected chi connectivity index (χ3v) is 7.05. The summed E-state index contributed by atoms with van der Waals surface area (Å²) in [5.41, 5.74) is 11.2. The molecule has 3 heterocycles. The first-order valence-electron chi connectivity index (χ1n) is 12.5. The van der Waals surface area contributed by atoms with E-state index < -0.39 is 0 Å². The zero-order valence-corrected chi connectivity index (χ0v) is 19.9. The Balaban J connectivity index is 1.51. The summed E-state index contributed by atoms with van der Waals surface area (Å²) in [6.07, 6.45) is 10.9. The van der Waals surface area contributed by atoms with Crippen LogP contribution in [0.25, 0.3) is 21.8 Å². The molecule has 2 N–H and O–H groups in total. The number of nitrogens with zero attached hydrogens (tertiary/aromatic N) is 4. The van der Waals surface area contributed by atoms with Gasteiger partial charge in [0.25, 0.3) is 0 Å². The fourth-order valence-corrected chi connectivity index (χ4v) is 5.46. The molecule has 0 radical (unpaired) electrons. The lowest BCUT2D eigenvalue weighted by atomic mass is 9.90. The largest absolute Gasteiger partial charge is 0.368 e. The second-order valence-electron chi connectivity index (χ2n) is 9.40. The maximum absolute atomic E-state index is 11.7. The fraction of sp³-hybridized carbons (Fsp3) is 0.393. The van der Waals surface area contributed by atoms with Crippen LogP contribution in [0.3, 0.4) is 0 Å². The van der Waals surface area contributed by atoms with Crippen molar-refractivity contribution in [2.45, 2.75) is 64.6 Å². The fourth-order valence-electron chi connectivity index (χ4n) is 5.46. The summed E-state index contributed by atoms with van der Waals surface area (Å²) in [4.78, 5) is 24.0. The minimum Gasteiger partial charge on any atom is -0.368 e. The number of para-hydroxylation sites is 1. The number of primary amides is 1. The standard InChI is InChI=1S/C28H33N5O/c1-2-3-6-15-32(25-13-7-9-20-10-8-14-30-28(20)25)18-21-16-23-22-11-4-5-12-24(22)33(19-27(29)34)26(23)17-31-21/h4-5,8,10-12,14,16-17,25H,2-3,6-7,9,13,15,18-19H2,1H3,(H2,29,34)/t25-/m1/s1. The molecule has 0 saturated heterocycles. The highest BCUT2D eigenvalue weighted by Gasteiger charge is 2.27. The van der Waals surface area contributed by atoms with Crippen LogP contribution in [0.4, 0.5) is 0 Å². The van der Waals surface area contributed by atoms with E-state index in [0.29, 0.717) is 6.04 Å². The highest BCUT2D eigenvalue weighted by Crippen LogP contribution is 2.35. The van der Waals surface area contributed by atoms with Crippen LogP contribution < -0.4 is 5.73 Å². The van der Waals surface area contributed by atoms with Crippen molar-refractivity contribution in [3.63, 3.8) is 0 Å². The van der Waals surface area contributed by atoms with Gasteiger partial charge >= 0.3 is 0 Å². The van der Waals surface area contributed by atoms with Gasteiger partial charge in [-0.15, -0.1) is 0 Å². The summed E-state index contributed by atoms with van der Waals surface area (Å²) in [6.45, 7) is 4.23. The molecular formula is C28H33N5O. The number of aryl methyl sites for hydroxylation is 1. The van der Waals surface area contributed by atoms with Gasteiger partial charge < -0.3 is 10.3 Å². The Morgan fingerprint density at radius 3 is 2.85 bits per heavy atom. The number of carbonyl (C=O) groups excluding carboxylic acids is 1. The SMILES string of the molecule is CCCCCN(Cc1cc2c3ccccc3n(CC(N)=O)c2cn1)[C@@H]1CCCc2cccnc21. The van der Waals surface area contributed by atoms with Crippen LogP contribution in [-0.2, 0) is 24.3 Å². The van der Waals surface area contributed by atoms with Gasteiger partial charge in [-0.25, -0.2) is 0 Å². The molecule has 34 heavy (non-hydrogen) atoms. The summed E-state index contributed by atoms with van der Waals surface area (Å²) in [7, 11) is 0. The molecule has 6 heteroatoms. The average molecular weight is 456 g/mol. The number of unbranched alkanes of at least 4 members (excludes halogenated alkanes) is 2. The molecule has 6 nitrogen and oxygen atoms in total. The lowest BCUT2D eigenvalue weighted by molar-refractivity contribution is -0.118. The van der Waals surface area contributed by atoms with Gasteiger partial charge in [0.1, 0.15) is 6.54 Å². The molecule has 1 amide bonds. The number of fused-ring (bicyclic) bond motifs is 4. The van der Waals surface area contributed by atoms with Gasteiger partial charge in [-0.1, -0.05) is 44.0 Å². The molecular weight excluding hydrogens is 422 g/mol. The topological polar surface area (TPSA) is 77.0 Å². The summed E-state index contributed by atoms with van der Waals surface area (Å²) in [5.74, 6) is -0.350. The predicted octanol–water partition coefficient (Wildman–Crippen LogP) is 5.14. The summed E-state index contributed by atoms with van der Waals surface area (Å²) in [5, 5.41) is 2.25. The maximum atomic E-state index is 11.7. The van der Waals surface area contributed by atoms with E-state index >= 15 is 0 Å². The number of aromatic nitrogens is 3. The highest BCUT2D eigenvalue weighted by molar-refractivity contribution is 6.08. The van der Waals surface area contributed by atoms with Gasteiger partial charge in [-0.2, -0.15) is 0 Å². The van der Waals surface area contributed by atoms with E-state index in [9.17, 15) is 4.79 Å². The van der Waals surface area contributed by atoms with Crippen LogP contribution in [0.1, 0.15) is 62.0 Å². The Bertz CT molecular complexity index is 1310. The van der Waals surface area contributed by atoms with E-state index in [1.54, 1.807) is 0 Å². The quantitative estimate of drug-likeness (QED) is 0.355. The van der Waals surface area contributed by atoms with Gasteiger partial charge in [-0.05, 0) is 56.0 Å². The molecule has 1 aliphatic rings. The minimum absolute atomic E-state index is 0.151. The molecule has 3 aromatic heterocycles. The van der Waals surface area contributed by atoms with Gasteiger partial charge in [0.2, 0.25) is 5.91 Å². The van der Waals surface area contributed by atoms with E-state index in [4.69, 9.17) is 15.7 Å². The Hall–Kier alpha value is -3.25. The zero-order valence-electron chi connectivity index (χ0n) is 19.9. The van der Waals surface area contributed by atoms with Crippen molar-refractivity contribution in [3.8, 4) is 0 Å². The third kappa shape index (κ3) is 4.42. The number of carbonyl (C=O) groups is 1. The first-order chi connectivity index (χ1) is 16.7. The molecule has 0 fully saturated rings. The van der Waals surface area contributed by atoms with E-state index in [1.165, 1.54) is 36.9 Å². The number of pyridine rings is 2. The number of benzene rings is 1. The summed E-state index contributed by atoms with van der Waals surface area (Å²) < 4.78 is 1.98. The van der Waals surface area contributed by atoms with Crippen LogP contribution in [0.2, 0.25) is 0 Å². The Kier molecular flexibility index (Phi) is 6.59.